The molecule has 3 aromatic rings. The summed E-state index contributed by atoms with van der Waals surface area (Å²) in [7, 11) is 1.92. The second-order valence-corrected chi connectivity index (χ2v) is 5.42. The van der Waals surface area contributed by atoms with E-state index in [2.05, 4.69) is 25.8 Å². The maximum absolute atomic E-state index is 11.0. The van der Waals surface area contributed by atoms with Gasteiger partial charge in [-0.15, -0.1) is 5.10 Å². The first kappa shape index (κ1) is 16.4. The van der Waals surface area contributed by atoms with Crippen LogP contribution in [0.3, 0.4) is 0 Å². The topological polar surface area (TPSA) is 83.0 Å². The molecule has 2 N–H and O–H groups in total. The molecule has 0 aliphatic rings. The van der Waals surface area contributed by atoms with Crippen LogP contribution in [0.15, 0.2) is 60.8 Å². The van der Waals surface area contributed by atoms with Crippen LogP contribution in [-0.4, -0.2) is 28.1 Å². The molecule has 1 amide bonds. The lowest BCUT2D eigenvalue weighted by Crippen LogP contribution is -2.13. The Morgan fingerprint density at radius 3 is 2.36 bits per heavy atom. The van der Waals surface area contributed by atoms with Gasteiger partial charge >= 0.3 is 0 Å². The lowest BCUT2D eigenvalue weighted by atomic mass is 10.3. The van der Waals surface area contributed by atoms with E-state index in [0.29, 0.717) is 11.8 Å². The van der Waals surface area contributed by atoms with Crippen LogP contribution in [-0.2, 0) is 4.79 Å². The van der Waals surface area contributed by atoms with Crippen molar-refractivity contribution >= 4 is 34.7 Å². The SMILES string of the molecule is CC(=O)Nc1ccc(Nc2nncc(N(C)c3ccccc3)n2)cc1. The molecule has 1 aromatic heterocycles. The summed E-state index contributed by atoms with van der Waals surface area (Å²) in [4.78, 5) is 17.5. The Kier molecular flexibility index (Phi) is 4.84. The number of amides is 1. The van der Waals surface area contributed by atoms with Crippen LogP contribution in [0.1, 0.15) is 6.92 Å². The molecule has 3 rings (SSSR count). The van der Waals surface area contributed by atoms with Crippen LogP contribution < -0.4 is 15.5 Å². The van der Waals surface area contributed by atoms with Crippen LogP contribution in [0, 0.1) is 0 Å². The first-order valence-corrected chi connectivity index (χ1v) is 7.75. The molecule has 0 bridgehead atoms. The monoisotopic (exact) mass is 334 g/mol. The van der Waals surface area contributed by atoms with Gasteiger partial charge in [0.25, 0.3) is 0 Å². The summed E-state index contributed by atoms with van der Waals surface area (Å²) in [5.74, 6) is 0.969. The highest BCUT2D eigenvalue weighted by molar-refractivity contribution is 5.88. The standard InChI is InChI=1S/C18H18N6O/c1-13(25)20-14-8-10-15(11-9-14)21-18-22-17(12-19-23-18)24(2)16-6-4-3-5-7-16/h3-12H,1-2H3,(H,20,25)(H,21,22,23). The summed E-state index contributed by atoms with van der Waals surface area (Å²) in [5.41, 5.74) is 2.54. The van der Waals surface area contributed by atoms with Crippen molar-refractivity contribution in [1.29, 1.82) is 0 Å². The zero-order chi connectivity index (χ0) is 17.6. The van der Waals surface area contributed by atoms with Crippen molar-refractivity contribution < 1.29 is 4.79 Å². The van der Waals surface area contributed by atoms with Crippen LogP contribution in [0.2, 0.25) is 0 Å². The second kappa shape index (κ2) is 7.39. The van der Waals surface area contributed by atoms with Gasteiger partial charge in [0.15, 0.2) is 5.82 Å². The van der Waals surface area contributed by atoms with Crippen LogP contribution >= 0.6 is 0 Å². The molecule has 0 fully saturated rings. The van der Waals surface area contributed by atoms with Gasteiger partial charge in [0, 0.05) is 31.0 Å². The second-order valence-electron chi connectivity index (χ2n) is 5.42. The van der Waals surface area contributed by atoms with Crippen molar-refractivity contribution in [2.75, 3.05) is 22.6 Å². The van der Waals surface area contributed by atoms with Crippen molar-refractivity contribution in [3.05, 3.63) is 60.8 Å². The van der Waals surface area contributed by atoms with Gasteiger partial charge in [-0.1, -0.05) is 18.2 Å². The van der Waals surface area contributed by atoms with E-state index in [-0.39, 0.29) is 5.91 Å². The number of carbonyl (C=O) groups excluding carboxylic acids is 1. The Balaban J connectivity index is 1.74. The zero-order valence-electron chi connectivity index (χ0n) is 14.0. The Morgan fingerprint density at radius 2 is 1.68 bits per heavy atom. The maximum Gasteiger partial charge on any atom is 0.249 e. The van der Waals surface area contributed by atoms with Gasteiger partial charge in [0.05, 0.1) is 6.20 Å². The van der Waals surface area contributed by atoms with Gasteiger partial charge in [-0.2, -0.15) is 10.1 Å². The lowest BCUT2D eigenvalue weighted by molar-refractivity contribution is -0.114. The number of benzene rings is 2. The van der Waals surface area contributed by atoms with Crippen LogP contribution in [0.25, 0.3) is 0 Å². The Labute approximate surface area is 145 Å². The van der Waals surface area contributed by atoms with Crippen molar-refractivity contribution in [1.82, 2.24) is 15.2 Å². The lowest BCUT2D eigenvalue weighted by Gasteiger charge is -2.18. The van der Waals surface area contributed by atoms with E-state index >= 15 is 0 Å². The molecular weight excluding hydrogens is 316 g/mol. The highest BCUT2D eigenvalue weighted by atomic mass is 16.1. The molecule has 126 valence electrons. The Hall–Kier alpha value is -3.48. The zero-order valence-corrected chi connectivity index (χ0v) is 14.0. The fourth-order valence-electron chi connectivity index (χ4n) is 2.26. The first-order chi connectivity index (χ1) is 12.1. The Morgan fingerprint density at radius 1 is 1.00 bits per heavy atom. The fourth-order valence-corrected chi connectivity index (χ4v) is 2.26. The predicted molar refractivity (Wildman–Crippen MR) is 98.4 cm³/mol. The Bertz CT molecular complexity index is 851. The van der Waals surface area contributed by atoms with Crippen molar-refractivity contribution in [2.45, 2.75) is 6.92 Å². The number of anilines is 5. The molecule has 0 aliphatic heterocycles. The number of rotatable bonds is 5. The largest absolute Gasteiger partial charge is 0.328 e. The van der Waals surface area contributed by atoms with Crippen LogP contribution in [0.5, 0.6) is 0 Å². The average Bonchev–Trinajstić information content (AvgIpc) is 2.63. The van der Waals surface area contributed by atoms with Gasteiger partial charge in [-0.05, 0) is 36.4 Å². The van der Waals surface area contributed by atoms with E-state index in [9.17, 15) is 4.79 Å². The molecule has 25 heavy (non-hydrogen) atoms. The highest BCUT2D eigenvalue weighted by Gasteiger charge is 2.08. The average molecular weight is 334 g/mol. The number of nitrogens with one attached hydrogen (secondary N) is 2. The molecule has 0 unspecified atom stereocenters. The summed E-state index contributed by atoms with van der Waals surface area (Å²) in [6.07, 6.45) is 1.61. The van der Waals surface area contributed by atoms with E-state index in [1.807, 2.05) is 54.4 Å². The number of hydrogen-bond acceptors (Lipinski definition) is 6. The third kappa shape index (κ3) is 4.29. The molecule has 1 heterocycles. The van der Waals surface area contributed by atoms with E-state index in [1.165, 1.54) is 6.92 Å². The minimum Gasteiger partial charge on any atom is -0.328 e. The summed E-state index contributed by atoms with van der Waals surface area (Å²) >= 11 is 0. The molecule has 0 aliphatic carbocycles. The van der Waals surface area contributed by atoms with E-state index in [4.69, 9.17) is 0 Å². The molecule has 0 saturated heterocycles. The maximum atomic E-state index is 11.0. The van der Waals surface area contributed by atoms with Gasteiger partial charge in [0.1, 0.15) is 0 Å². The fraction of sp³-hybridized carbons (Fsp3) is 0.111. The van der Waals surface area contributed by atoms with E-state index < -0.39 is 0 Å². The summed E-state index contributed by atoms with van der Waals surface area (Å²) < 4.78 is 0. The molecule has 0 saturated carbocycles. The third-order valence-electron chi connectivity index (χ3n) is 3.49. The van der Waals surface area contributed by atoms with Gasteiger partial charge in [-0.25, -0.2) is 0 Å². The summed E-state index contributed by atoms with van der Waals surface area (Å²) in [6, 6.07) is 17.2. The summed E-state index contributed by atoms with van der Waals surface area (Å²) in [5, 5.41) is 13.9. The molecule has 2 aromatic carbocycles. The molecule has 0 atom stereocenters. The summed E-state index contributed by atoms with van der Waals surface area (Å²) in [6.45, 7) is 1.47. The van der Waals surface area contributed by atoms with Gasteiger partial charge < -0.3 is 15.5 Å². The quantitative estimate of drug-likeness (QED) is 0.744. The molecule has 0 spiro atoms. The van der Waals surface area contributed by atoms with Gasteiger partial charge in [0.2, 0.25) is 11.9 Å². The minimum atomic E-state index is -0.107. The van der Waals surface area contributed by atoms with Crippen molar-refractivity contribution in [3.63, 3.8) is 0 Å². The number of aromatic nitrogens is 3. The van der Waals surface area contributed by atoms with Gasteiger partial charge in [-0.3, -0.25) is 4.79 Å². The van der Waals surface area contributed by atoms with E-state index in [1.54, 1.807) is 18.3 Å². The number of carbonyl (C=O) groups is 1. The molecule has 0 radical (unpaired) electrons. The molecule has 7 heteroatoms. The first-order valence-electron chi connectivity index (χ1n) is 7.75. The normalized spacial score (nSPS) is 10.2. The smallest absolute Gasteiger partial charge is 0.249 e. The van der Waals surface area contributed by atoms with Crippen LogP contribution in [0.4, 0.5) is 28.8 Å². The van der Waals surface area contributed by atoms with E-state index in [0.717, 1.165) is 17.1 Å². The number of nitrogens with zero attached hydrogens (tertiary/aromatic N) is 4. The highest BCUT2D eigenvalue weighted by Crippen LogP contribution is 2.22. The number of hydrogen-bond donors (Lipinski definition) is 2. The molecule has 7 nitrogen and oxygen atoms in total. The molecular formula is C18H18N6O. The van der Waals surface area contributed by atoms with Crippen molar-refractivity contribution in [3.8, 4) is 0 Å². The third-order valence-corrected chi connectivity index (χ3v) is 3.49. The minimum absolute atomic E-state index is 0.107. The van der Waals surface area contributed by atoms with Crippen molar-refractivity contribution in [2.24, 2.45) is 0 Å². The number of para-hydroxylation sites is 1. The predicted octanol–water partition coefficient (Wildman–Crippen LogP) is 3.34.